The van der Waals surface area contributed by atoms with Crippen LogP contribution in [0, 0.1) is 5.92 Å². The summed E-state index contributed by atoms with van der Waals surface area (Å²) in [5, 5.41) is 10.9. The van der Waals surface area contributed by atoms with E-state index < -0.39 is 0 Å². The Kier molecular flexibility index (Phi) is 3.56. The summed E-state index contributed by atoms with van der Waals surface area (Å²) in [5.74, 6) is 0.976. The number of hydrogen-bond donors (Lipinski definition) is 1. The molecule has 0 aliphatic carbocycles. The Morgan fingerprint density at radius 3 is 2.61 bits per heavy atom. The van der Waals surface area contributed by atoms with Gasteiger partial charge in [0.25, 0.3) is 5.89 Å². The third kappa shape index (κ3) is 2.33. The van der Waals surface area contributed by atoms with Crippen LogP contribution in [0.2, 0.25) is 0 Å². The molecule has 98 valence electrons. The van der Waals surface area contributed by atoms with E-state index in [4.69, 9.17) is 15.0 Å². The zero-order valence-corrected chi connectivity index (χ0v) is 10.5. The third-order valence-electron chi connectivity index (χ3n) is 2.36. The first-order chi connectivity index (χ1) is 8.63. The smallest absolute Gasteiger partial charge is 0.284 e. The van der Waals surface area contributed by atoms with Gasteiger partial charge < -0.3 is 15.0 Å². The van der Waals surface area contributed by atoms with Crippen molar-refractivity contribution in [2.24, 2.45) is 5.92 Å². The molecule has 0 spiro atoms. The highest BCUT2D eigenvalue weighted by atomic mass is 16.6. The van der Waals surface area contributed by atoms with Gasteiger partial charge in [-0.3, -0.25) is 0 Å². The summed E-state index contributed by atoms with van der Waals surface area (Å²) in [6.07, 6.45) is -0.228. The topological polar surface area (TPSA) is 113 Å². The first-order valence-corrected chi connectivity index (χ1v) is 5.67. The number of rotatable bonds is 5. The normalized spacial score (nSPS) is 13.1. The Labute approximate surface area is 103 Å². The van der Waals surface area contributed by atoms with E-state index in [0.29, 0.717) is 12.4 Å². The van der Waals surface area contributed by atoms with Crippen molar-refractivity contribution >= 4 is 5.82 Å². The molecule has 0 aliphatic heterocycles. The fourth-order valence-corrected chi connectivity index (χ4v) is 1.54. The van der Waals surface area contributed by atoms with E-state index in [1.165, 1.54) is 0 Å². The van der Waals surface area contributed by atoms with Crippen molar-refractivity contribution in [3.63, 3.8) is 0 Å². The monoisotopic (exact) mass is 253 g/mol. The minimum Gasteiger partial charge on any atom is -0.379 e. The minimum absolute atomic E-state index is 0.114. The van der Waals surface area contributed by atoms with Crippen LogP contribution in [0.3, 0.4) is 0 Å². The predicted octanol–water partition coefficient (Wildman–Crippen LogP) is 1.44. The van der Waals surface area contributed by atoms with E-state index >= 15 is 0 Å². The number of hydrogen-bond acceptors (Lipinski definition) is 8. The first kappa shape index (κ1) is 12.5. The summed E-state index contributed by atoms with van der Waals surface area (Å²) in [7, 11) is 0. The largest absolute Gasteiger partial charge is 0.379 e. The Bertz CT molecular complexity index is 507. The lowest BCUT2D eigenvalue weighted by atomic mass is 10.1. The Morgan fingerprint density at radius 2 is 2.06 bits per heavy atom. The van der Waals surface area contributed by atoms with Crippen LogP contribution in [-0.2, 0) is 4.74 Å². The van der Waals surface area contributed by atoms with Gasteiger partial charge in [0.05, 0.1) is 0 Å². The van der Waals surface area contributed by atoms with Gasteiger partial charge in [0, 0.05) is 6.61 Å². The molecule has 2 rings (SSSR count). The summed E-state index contributed by atoms with van der Waals surface area (Å²) in [6.45, 7) is 6.51. The molecule has 0 aromatic carbocycles. The van der Waals surface area contributed by atoms with Crippen LogP contribution in [0.1, 0.15) is 32.7 Å². The van der Waals surface area contributed by atoms with E-state index in [-0.39, 0.29) is 29.4 Å². The predicted molar refractivity (Wildman–Crippen MR) is 61.2 cm³/mol. The lowest BCUT2D eigenvalue weighted by Crippen LogP contribution is -2.12. The van der Waals surface area contributed by atoms with E-state index in [1.54, 1.807) is 0 Å². The van der Waals surface area contributed by atoms with Gasteiger partial charge in [-0.25, -0.2) is 4.63 Å². The molecule has 0 aliphatic rings. The zero-order valence-electron chi connectivity index (χ0n) is 10.5. The number of nitrogens with two attached hydrogens (primary N) is 1. The Balaban J connectivity index is 2.27. The molecule has 1 atom stereocenters. The summed E-state index contributed by atoms with van der Waals surface area (Å²) >= 11 is 0. The number of aromatic nitrogens is 4. The van der Waals surface area contributed by atoms with Gasteiger partial charge in [-0.1, -0.05) is 19.0 Å². The van der Waals surface area contributed by atoms with E-state index in [2.05, 4.69) is 25.1 Å². The second-order valence-electron chi connectivity index (χ2n) is 4.08. The average Bonchev–Trinajstić information content (AvgIpc) is 2.93. The van der Waals surface area contributed by atoms with Crippen molar-refractivity contribution in [1.29, 1.82) is 0 Å². The molecule has 2 heterocycles. The maximum Gasteiger partial charge on any atom is 0.284 e. The maximum atomic E-state index is 5.57. The van der Waals surface area contributed by atoms with Crippen molar-refractivity contribution in [1.82, 2.24) is 20.5 Å². The summed E-state index contributed by atoms with van der Waals surface area (Å²) in [5.41, 5.74) is 5.79. The van der Waals surface area contributed by atoms with Crippen molar-refractivity contribution < 1.29 is 13.9 Å². The Morgan fingerprint density at radius 1 is 1.28 bits per heavy atom. The first-order valence-electron chi connectivity index (χ1n) is 5.67. The van der Waals surface area contributed by atoms with Crippen molar-refractivity contribution in [2.45, 2.75) is 26.9 Å². The van der Waals surface area contributed by atoms with Gasteiger partial charge in [-0.05, 0) is 23.2 Å². The molecule has 8 heteroatoms. The van der Waals surface area contributed by atoms with Gasteiger partial charge in [0.2, 0.25) is 17.3 Å². The minimum atomic E-state index is -0.228. The maximum absolute atomic E-state index is 5.57. The number of nitrogen functional groups attached to an aromatic ring is 1. The molecule has 1 unspecified atom stereocenters. The highest BCUT2D eigenvalue weighted by Crippen LogP contribution is 2.26. The van der Waals surface area contributed by atoms with E-state index in [0.717, 1.165) is 0 Å². The summed E-state index contributed by atoms with van der Waals surface area (Å²) in [4.78, 5) is 4.21. The molecule has 0 radical (unpaired) electrons. The summed E-state index contributed by atoms with van der Waals surface area (Å²) in [6, 6.07) is 0. The van der Waals surface area contributed by atoms with Crippen LogP contribution < -0.4 is 5.73 Å². The molecular weight excluding hydrogens is 238 g/mol. The molecule has 2 aromatic rings. The highest BCUT2D eigenvalue weighted by Gasteiger charge is 2.24. The molecule has 2 N–H and O–H groups in total. The average molecular weight is 253 g/mol. The van der Waals surface area contributed by atoms with E-state index in [1.807, 2.05) is 20.8 Å². The second kappa shape index (κ2) is 5.13. The van der Waals surface area contributed by atoms with Gasteiger partial charge in [-0.15, -0.1) is 0 Å². The zero-order chi connectivity index (χ0) is 13.1. The van der Waals surface area contributed by atoms with Gasteiger partial charge in [-0.2, -0.15) is 4.98 Å². The molecule has 0 saturated carbocycles. The molecular formula is C10H15N5O3. The van der Waals surface area contributed by atoms with Gasteiger partial charge in [0.15, 0.2) is 0 Å². The standard InChI is InChI=1S/C10H15N5O3/c1-4-16-7(5(2)3)9-12-10(17-15-9)6-8(11)14-18-13-6/h5,7H,4H2,1-3H3,(H2,11,14). The number of nitrogens with zero attached hydrogens (tertiary/aromatic N) is 4. The fourth-order valence-electron chi connectivity index (χ4n) is 1.54. The van der Waals surface area contributed by atoms with Crippen molar-refractivity contribution in [3.8, 4) is 11.6 Å². The lowest BCUT2D eigenvalue weighted by Gasteiger charge is -2.16. The van der Waals surface area contributed by atoms with Crippen LogP contribution in [0.4, 0.5) is 5.82 Å². The van der Waals surface area contributed by atoms with Crippen LogP contribution in [0.25, 0.3) is 11.6 Å². The van der Waals surface area contributed by atoms with Crippen molar-refractivity contribution in [3.05, 3.63) is 5.82 Å². The summed E-state index contributed by atoms with van der Waals surface area (Å²) < 4.78 is 15.1. The quantitative estimate of drug-likeness (QED) is 0.851. The van der Waals surface area contributed by atoms with Gasteiger partial charge in [0.1, 0.15) is 6.10 Å². The van der Waals surface area contributed by atoms with Crippen LogP contribution in [0.5, 0.6) is 0 Å². The highest BCUT2D eigenvalue weighted by molar-refractivity contribution is 5.60. The molecule has 0 bridgehead atoms. The number of anilines is 1. The fraction of sp³-hybridized carbons (Fsp3) is 0.600. The lowest BCUT2D eigenvalue weighted by molar-refractivity contribution is 0.0217. The molecule has 18 heavy (non-hydrogen) atoms. The van der Waals surface area contributed by atoms with E-state index in [9.17, 15) is 0 Å². The van der Waals surface area contributed by atoms with Crippen LogP contribution in [-0.4, -0.2) is 27.1 Å². The van der Waals surface area contributed by atoms with Gasteiger partial charge >= 0.3 is 0 Å². The second-order valence-corrected chi connectivity index (χ2v) is 4.08. The van der Waals surface area contributed by atoms with Crippen LogP contribution in [0.15, 0.2) is 9.15 Å². The van der Waals surface area contributed by atoms with Crippen LogP contribution >= 0.6 is 0 Å². The molecule has 0 amide bonds. The SMILES string of the molecule is CCOC(c1noc(-c2nonc2N)n1)C(C)C. The molecule has 0 fully saturated rings. The number of ether oxygens (including phenoxy) is 1. The van der Waals surface area contributed by atoms with Crippen molar-refractivity contribution in [2.75, 3.05) is 12.3 Å². The Hall–Kier alpha value is -1.96. The molecule has 0 saturated heterocycles. The third-order valence-corrected chi connectivity index (χ3v) is 2.36. The molecule has 8 nitrogen and oxygen atoms in total. The molecule has 2 aromatic heterocycles.